The maximum atomic E-state index is 14.9. The number of aromatic hydroxyl groups is 1. The molecule has 2 heterocycles. The lowest BCUT2D eigenvalue weighted by atomic mass is 10.0. The molecule has 2 aromatic carbocycles. The molecule has 7 nitrogen and oxygen atoms in total. The van der Waals surface area contributed by atoms with Crippen LogP contribution in [0.3, 0.4) is 0 Å². The van der Waals surface area contributed by atoms with Crippen molar-refractivity contribution in [3.05, 3.63) is 92.6 Å². The van der Waals surface area contributed by atoms with Gasteiger partial charge in [0.1, 0.15) is 18.1 Å². The number of H-pyrrole nitrogens is 1. The molecule has 0 aliphatic rings. The van der Waals surface area contributed by atoms with Crippen molar-refractivity contribution in [3.8, 4) is 22.8 Å². The van der Waals surface area contributed by atoms with Gasteiger partial charge >= 0.3 is 5.76 Å². The van der Waals surface area contributed by atoms with Crippen molar-refractivity contribution in [1.29, 1.82) is 0 Å². The fourth-order valence-corrected chi connectivity index (χ4v) is 3.44. The maximum absolute atomic E-state index is 14.9. The normalized spacial score (nSPS) is 10.9. The third-order valence-electron chi connectivity index (χ3n) is 4.73. The van der Waals surface area contributed by atoms with Crippen LogP contribution in [0.2, 0.25) is 5.02 Å². The second kappa shape index (κ2) is 8.61. The summed E-state index contributed by atoms with van der Waals surface area (Å²) in [7, 11) is 0. The number of aromatic amines is 1. The second-order valence-corrected chi connectivity index (χ2v) is 7.22. The van der Waals surface area contributed by atoms with Crippen LogP contribution >= 0.6 is 11.6 Å². The fourth-order valence-electron chi connectivity index (χ4n) is 3.13. The number of halogens is 2. The van der Waals surface area contributed by atoms with Gasteiger partial charge < -0.3 is 9.84 Å². The van der Waals surface area contributed by atoms with Gasteiger partial charge in [-0.3, -0.25) is 9.51 Å². The molecule has 0 radical (unpaired) electrons. The average Bonchev–Trinajstić information content (AvgIpc) is 3.19. The fraction of sp³-hybridized carbons (Fsp3) is 0.136. The van der Waals surface area contributed by atoms with E-state index in [9.17, 15) is 14.3 Å². The van der Waals surface area contributed by atoms with Crippen LogP contribution in [-0.2, 0) is 13.0 Å². The Morgan fingerprint density at radius 2 is 2.00 bits per heavy atom. The van der Waals surface area contributed by atoms with Crippen molar-refractivity contribution in [2.45, 2.75) is 20.0 Å². The predicted octanol–water partition coefficient (Wildman–Crippen LogP) is 4.40. The molecule has 9 heteroatoms. The Balaban J connectivity index is 1.60. The van der Waals surface area contributed by atoms with E-state index in [2.05, 4.69) is 19.6 Å². The standard InChI is InChI=1S/C22H17ClFN3O4/c1-12-15(9-14-7-8-17(28)21(25-14)13-5-3-2-4-6-13)16(23)10-18(20(12)24)30-11-19-26-22(29)31-27-19/h2-8,10,28H,9,11H2,1H3,(H,26,27,29). The quantitative estimate of drug-likeness (QED) is 0.460. The molecule has 0 aliphatic carbocycles. The Morgan fingerprint density at radius 3 is 2.71 bits per heavy atom. The summed E-state index contributed by atoms with van der Waals surface area (Å²) in [6.45, 7) is 1.41. The molecule has 2 aromatic heterocycles. The number of nitrogens with one attached hydrogen (secondary N) is 1. The summed E-state index contributed by atoms with van der Waals surface area (Å²) in [5.74, 6) is -1.19. The number of hydrogen-bond acceptors (Lipinski definition) is 6. The van der Waals surface area contributed by atoms with Crippen molar-refractivity contribution in [2.24, 2.45) is 0 Å². The number of aromatic nitrogens is 3. The lowest BCUT2D eigenvalue weighted by molar-refractivity contribution is 0.272. The highest BCUT2D eigenvalue weighted by Gasteiger charge is 2.18. The summed E-state index contributed by atoms with van der Waals surface area (Å²) in [5.41, 5.74) is 2.69. The van der Waals surface area contributed by atoms with Crippen LogP contribution in [0.25, 0.3) is 11.3 Å². The molecule has 0 fully saturated rings. The van der Waals surface area contributed by atoms with Crippen molar-refractivity contribution >= 4 is 11.6 Å². The first-order chi connectivity index (χ1) is 14.9. The molecule has 0 spiro atoms. The van der Waals surface area contributed by atoms with E-state index in [0.717, 1.165) is 5.56 Å². The smallest absolute Gasteiger partial charge is 0.439 e. The Hall–Kier alpha value is -3.65. The lowest BCUT2D eigenvalue weighted by Gasteiger charge is -2.14. The zero-order valence-electron chi connectivity index (χ0n) is 16.4. The van der Waals surface area contributed by atoms with E-state index < -0.39 is 11.6 Å². The average molecular weight is 442 g/mol. The van der Waals surface area contributed by atoms with E-state index in [1.165, 1.54) is 6.07 Å². The number of hydrogen-bond donors (Lipinski definition) is 2. The molecule has 0 saturated heterocycles. The molecule has 31 heavy (non-hydrogen) atoms. The highest BCUT2D eigenvalue weighted by Crippen LogP contribution is 2.33. The SMILES string of the molecule is Cc1c(F)c(OCc2noc(=O)[nH]2)cc(Cl)c1Cc1ccc(O)c(-c2ccccc2)n1. The summed E-state index contributed by atoms with van der Waals surface area (Å²) in [6, 6.07) is 13.9. The van der Waals surface area contributed by atoms with Crippen LogP contribution < -0.4 is 10.5 Å². The van der Waals surface area contributed by atoms with Crippen LogP contribution in [0.1, 0.15) is 22.6 Å². The minimum Gasteiger partial charge on any atom is -0.506 e. The van der Waals surface area contributed by atoms with Gasteiger partial charge in [0.25, 0.3) is 0 Å². The molecule has 0 saturated carbocycles. The number of pyridine rings is 1. The van der Waals surface area contributed by atoms with Gasteiger partial charge in [-0.15, -0.1) is 0 Å². The van der Waals surface area contributed by atoms with Crippen LogP contribution in [0, 0.1) is 12.7 Å². The number of nitrogens with zero attached hydrogens (tertiary/aromatic N) is 2. The molecule has 0 bridgehead atoms. The zero-order valence-corrected chi connectivity index (χ0v) is 17.1. The van der Waals surface area contributed by atoms with Gasteiger partial charge in [-0.25, -0.2) is 14.2 Å². The Morgan fingerprint density at radius 1 is 1.23 bits per heavy atom. The van der Waals surface area contributed by atoms with E-state index in [1.54, 1.807) is 19.1 Å². The first-order valence-electron chi connectivity index (χ1n) is 9.32. The zero-order chi connectivity index (χ0) is 22.0. The Kier molecular flexibility index (Phi) is 5.73. The molecule has 4 rings (SSSR count). The van der Waals surface area contributed by atoms with Gasteiger partial charge in [-0.05, 0) is 30.2 Å². The number of rotatable bonds is 6. The Labute approximate surface area is 181 Å². The van der Waals surface area contributed by atoms with Crippen LogP contribution in [0.5, 0.6) is 11.5 Å². The third kappa shape index (κ3) is 4.44. The molecule has 0 unspecified atom stereocenters. The third-order valence-corrected chi connectivity index (χ3v) is 5.07. The molecule has 0 amide bonds. The van der Waals surface area contributed by atoms with Gasteiger partial charge in [0.2, 0.25) is 0 Å². The topological polar surface area (TPSA) is 101 Å². The molecule has 158 valence electrons. The van der Waals surface area contributed by atoms with E-state index in [-0.39, 0.29) is 30.4 Å². The van der Waals surface area contributed by atoms with Crippen molar-refractivity contribution < 1.29 is 18.8 Å². The van der Waals surface area contributed by atoms with Crippen LogP contribution in [-0.4, -0.2) is 20.2 Å². The minimum atomic E-state index is -0.722. The van der Waals surface area contributed by atoms with E-state index in [1.807, 2.05) is 30.3 Å². The first-order valence-corrected chi connectivity index (χ1v) is 9.69. The largest absolute Gasteiger partial charge is 0.506 e. The van der Waals surface area contributed by atoms with Gasteiger partial charge in [0, 0.05) is 28.8 Å². The van der Waals surface area contributed by atoms with Gasteiger partial charge in [-0.1, -0.05) is 47.1 Å². The highest BCUT2D eigenvalue weighted by atomic mass is 35.5. The molecular formula is C22H17ClFN3O4. The minimum absolute atomic E-state index is 0.0543. The van der Waals surface area contributed by atoms with E-state index >= 15 is 0 Å². The lowest BCUT2D eigenvalue weighted by Crippen LogP contribution is -2.05. The molecule has 4 aromatic rings. The van der Waals surface area contributed by atoms with Crippen molar-refractivity contribution in [3.63, 3.8) is 0 Å². The highest BCUT2D eigenvalue weighted by molar-refractivity contribution is 6.31. The van der Waals surface area contributed by atoms with Gasteiger partial charge in [0.05, 0.1) is 0 Å². The van der Waals surface area contributed by atoms with E-state index in [0.29, 0.717) is 27.5 Å². The summed E-state index contributed by atoms with van der Waals surface area (Å²) in [4.78, 5) is 17.8. The van der Waals surface area contributed by atoms with E-state index in [4.69, 9.17) is 16.3 Å². The van der Waals surface area contributed by atoms with Crippen molar-refractivity contribution in [1.82, 2.24) is 15.1 Å². The molecule has 0 aliphatic heterocycles. The van der Waals surface area contributed by atoms with Crippen LogP contribution in [0.4, 0.5) is 4.39 Å². The first kappa shape index (κ1) is 20.6. The summed E-state index contributed by atoms with van der Waals surface area (Å²) < 4.78 is 24.7. The van der Waals surface area contributed by atoms with Gasteiger partial charge in [-0.2, -0.15) is 0 Å². The second-order valence-electron chi connectivity index (χ2n) is 6.82. The molecule has 2 N–H and O–H groups in total. The monoisotopic (exact) mass is 441 g/mol. The van der Waals surface area contributed by atoms with Crippen molar-refractivity contribution in [2.75, 3.05) is 0 Å². The summed E-state index contributed by atoms with van der Waals surface area (Å²) in [5, 5.41) is 14.0. The molecular weight excluding hydrogens is 425 g/mol. The Bertz CT molecular complexity index is 1290. The van der Waals surface area contributed by atoms with Crippen LogP contribution in [0.15, 0.2) is 57.8 Å². The number of benzene rings is 2. The molecule has 0 atom stereocenters. The maximum Gasteiger partial charge on any atom is 0.439 e. The predicted molar refractivity (Wildman–Crippen MR) is 112 cm³/mol. The van der Waals surface area contributed by atoms with Gasteiger partial charge in [0.15, 0.2) is 17.4 Å². The summed E-state index contributed by atoms with van der Waals surface area (Å²) >= 11 is 6.41. The summed E-state index contributed by atoms with van der Waals surface area (Å²) in [6.07, 6.45) is 0.262. The number of ether oxygens (including phenoxy) is 1.